The topological polar surface area (TPSA) is 36.9 Å². The number of hydrogen-bond acceptors (Lipinski definition) is 4. The van der Waals surface area contributed by atoms with Crippen LogP contribution in [0.3, 0.4) is 0 Å². The SMILES string of the molecule is COc1ccc([Si](OC)(OC)C(C)C)c(OC)c1. The van der Waals surface area contributed by atoms with Crippen LogP contribution in [0.2, 0.25) is 5.54 Å². The fourth-order valence-electron chi connectivity index (χ4n) is 2.17. The molecule has 0 aliphatic rings. The van der Waals surface area contributed by atoms with Crippen LogP contribution in [0.1, 0.15) is 13.8 Å². The fourth-order valence-corrected chi connectivity index (χ4v) is 5.18. The Hall–Kier alpha value is -1.04. The maximum atomic E-state index is 5.75. The van der Waals surface area contributed by atoms with E-state index in [9.17, 15) is 0 Å². The lowest BCUT2D eigenvalue weighted by atomic mass is 10.3. The molecule has 4 nitrogen and oxygen atoms in total. The van der Waals surface area contributed by atoms with Crippen LogP contribution in [-0.2, 0) is 8.85 Å². The van der Waals surface area contributed by atoms with Gasteiger partial charge in [0.05, 0.1) is 14.2 Å². The van der Waals surface area contributed by atoms with Gasteiger partial charge in [-0.1, -0.05) is 19.9 Å². The first-order valence-electron chi connectivity index (χ1n) is 5.88. The Kier molecular flexibility index (Phi) is 5.19. The number of ether oxygens (including phenoxy) is 2. The van der Waals surface area contributed by atoms with Crippen molar-refractivity contribution in [3.8, 4) is 11.5 Å². The van der Waals surface area contributed by atoms with Gasteiger partial charge in [0, 0.05) is 31.0 Å². The van der Waals surface area contributed by atoms with Crippen molar-refractivity contribution in [3.05, 3.63) is 18.2 Å². The van der Waals surface area contributed by atoms with Crippen LogP contribution in [0, 0.1) is 0 Å². The van der Waals surface area contributed by atoms with Gasteiger partial charge in [0.15, 0.2) is 0 Å². The summed E-state index contributed by atoms with van der Waals surface area (Å²) in [5.74, 6) is 1.51. The van der Waals surface area contributed by atoms with Gasteiger partial charge in [0.2, 0.25) is 0 Å². The summed E-state index contributed by atoms with van der Waals surface area (Å²) in [6.45, 7) is 4.20. The van der Waals surface area contributed by atoms with Gasteiger partial charge in [0.1, 0.15) is 11.5 Å². The van der Waals surface area contributed by atoms with E-state index in [2.05, 4.69) is 13.8 Å². The van der Waals surface area contributed by atoms with E-state index >= 15 is 0 Å². The molecule has 0 saturated carbocycles. The summed E-state index contributed by atoms with van der Waals surface area (Å²) >= 11 is 0. The Balaban J connectivity index is 3.36. The molecule has 0 amide bonds. The normalized spacial score (nSPS) is 11.7. The number of hydrogen-bond donors (Lipinski definition) is 0. The van der Waals surface area contributed by atoms with E-state index in [1.54, 1.807) is 28.4 Å². The summed E-state index contributed by atoms with van der Waals surface area (Å²) in [7, 11) is 4.18. The van der Waals surface area contributed by atoms with Crippen LogP contribution in [0.15, 0.2) is 18.2 Å². The second kappa shape index (κ2) is 6.22. The average molecular weight is 270 g/mol. The van der Waals surface area contributed by atoms with Gasteiger partial charge in [0.25, 0.3) is 0 Å². The van der Waals surface area contributed by atoms with Crippen LogP contribution in [-0.4, -0.2) is 37.0 Å². The van der Waals surface area contributed by atoms with Crippen molar-refractivity contribution in [2.75, 3.05) is 28.4 Å². The second-order valence-electron chi connectivity index (χ2n) is 4.30. The molecule has 1 aromatic rings. The molecule has 0 atom stereocenters. The van der Waals surface area contributed by atoms with Gasteiger partial charge in [-0.15, -0.1) is 0 Å². The highest BCUT2D eigenvalue weighted by molar-refractivity contribution is 6.82. The highest BCUT2D eigenvalue weighted by Gasteiger charge is 2.44. The Morgan fingerprint density at radius 2 is 1.56 bits per heavy atom. The smallest absolute Gasteiger partial charge is 0.378 e. The molecule has 1 rings (SSSR count). The van der Waals surface area contributed by atoms with Gasteiger partial charge in [-0.3, -0.25) is 0 Å². The number of methoxy groups -OCH3 is 2. The standard InChI is InChI=1S/C13H22O4Si/c1-10(2)18(16-5,17-6)13-8-7-11(14-3)9-12(13)15-4/h7-10H,1-6H3. The first-order valence-corrected chi connectivity index (χ1v) is 7.77. The summed E-state index contributed by atoms with van der Waals surface area (Å²) in [5, 5.41) is 0.991. The summed E-state index contributed by atoms with van der Waals surface area (Å²) in [5.41, 5.74) is 0.273. The fraction of sp³-hybridized carbons (Fsp3) is 0.538. The molecule has 0 saturated heterocycles. The highest BCUT2D eigenvalue weighted by Crippen LogP contribution is 2.28. The summed E-state index contributed by atoms with van der Waals surface area (Å²) in [6.07, 6.45) is 0. The van der Waals surface area contributed by atoms with Crippen LogP contribution in [0.5, 0.6) is 11.5 Å². The Morgan fingerprint density at radius 3 is 1.94 bits per heavy atom. The molecular weight excluding hydrogens is 248 g/mol. The molecular formula is C13H22O4Si. The van der Waals surface area contributed by atoms with Crippen LogP contribution < -0.4 is 14.7 Å². The quantitative estimate of drug-likeness (QED) is 0.741. The Bertz CT molecular complexity index is 389. The van der Waals surface area contributed by atoms with Gasteiger partial charge in [-0.05, 0) is 6.07 Å². The van der Waals surface area contributed by atoms with Gasteiger partial charge < -0.3 is 18.3 Å². The van der Waals surface area contributed by atoms with Crippen molar-refractivity contribution in [3.63, 3.8) is 0 Å². The molecule has 0 radical (unpaired) electrons. The van der Waals surface area contributed by atoms with E-state index < -0.39 is 8.56 Å². The van der Waals surface area contributed by atoms with Gasteiger partial charge in [-0.25, -0.2) is 0 Å². The summed E-state index contributed by atoms with van der Waals surface area (Å²) < 4.78 is 22.1. The zero-order chi connectivity index (χ0) is 13.8. The maximum absolute atomic E-state index is 5.75. The van der Waals surface area contributed by atoms with Crippen molar-refractivity contribution in [2.45, 2.75) is 19.4 Å². The molecule has 0 unspecified atom stereocenters. The van der Waals surface area contributed by atoms with Crippen LogP contribution in [0.4, 0.5) is 0 Å². The maximum Gasteiger partial charge on any atom is 0.378 e. The van der Waals surface area contributed by atoms with E-state index in [4.69, 9.17) is 18.3 Å². The molecule has 18 heavy (non-hydrogen) atoms. The monoisotopic (exact) mass is 270 g/mol. The lowest BCUT2D eigenvalue weighted by Gasteiger charge is -2.32. The van der Waals surface area contributed by atoms with Crippen molar-refractivity contribution in [1.29, 1.82) is 0 Å². The van der Waals surface area contributed by atoms with E-state index in [0.717, 1.165) is 16.7 Å². The first-order chi connectivity index (χ1) is 8.55. The molecule has 0 spiro atoms. The predicted octanol–water partition coefficient (Wildman–Crippen LogP) is 2.06. The molecule has 0 heterocycles. The van der Waals surface area contributed by atoms with Crippen molar-refractivity contribution in [2.24, 2.45) is 0 Å². The number of rotatable bonds is 6. The lowest BCUT2D eigenvalue weighted by molar-refractivity contribution is 0.247. The predicted molar refractivity (Wildman–Crippen MR) is 74.1 cm³/mol. The van der Waals surface area contributed by atoms with E-state index in [1.807, 2.05) is 18.2 Å². The second-order valence-corrected chi connectivity index (χ2v) is 8.14. The largest absolute Gasteiger partial charge is 0.497 e. The molecule has 0 N–H and O–H groups in total. The van der Waals surface area contributed by atoms with Crippen LogP contribution >= 0.6 is 0 Å². The summed E-state index contributed by atoms with van der Waals surface area (Å²) in [4.78, 5) is 0. The first kappa shape index (κ1) is 15.0. The molecule has 1 aromatic carbocycles. The van der Waals surface area contributed by atoms with Gasteiger partial charge >= 0.3 is 8.56 Å². The third-order valence-electron chi connectivity index (χ3n) is 3.15. The van der Waals surface area contributed by atoms with Crippen molar-refractivity contribution in [1.82, 2.24) is 0 Å². The summed E-state index contributed by atoms with van der Waals surface area (Å²) in [6, 6.07) is 5.73. The molecule has 102 valence electrons. The molecule has 0 fully saturated rings. The van der Waals surface area contributed by atoms with E-state index in [-0.39, 0.29) is 5.54 Å². The third-order valence-corrected chi connectivity index (χ3v) is 7.05. The zero-order valence-electron chi connectivity index (χ0n) is 11.9. The van der Waals surface area contributed by atoms with E-state index in [0.29, 0.717) is 0 Å². The molecule has 0 aliphatic carbocycles. The van der Waals surface area contributed by atoms with Crippen LogP contribution in [0.25, 0.3) is 0 Å². The molecule has 0 bridgehead atoms. The lowest BCUT2D eigenvalue weighted by Crippen LogP contribution is -2.55. The minimum Gasteiger partial charge on any atom is -0.497 e. The molecule has 0 aromatic heterocycles. The highest BCUT2D eigenvalue weighted by atomic mass is 28.4. The van der Waals surface area contributed by atoms with Gasteiger partial charge in [-0.2, -0.15) is 0 Å². The minimum absolute atomic E-state index is 0.273. The molecule has 0 aliphatic heterocycles. The van der Waals surface area contributed by atoms with Crippen molar-refractivity contribution < 1.29 is 18.3 Å². The van der Waals surface area contributed by atoms with E-state index in [1.165, 1.54) is 0 Å². The Labute approximate surface area is 110 Å². The average Bonchev–Trinajstić information content (AvgIpc) is 2.40. The Morgan fingerprint density at radius 1 is 0.944 bits per heavy atom. The number of benzene rings is 1. The minimum atomic E-state index is -2.48. The zero-order valence-corrected chi connectivity index (χ0v) is 12.9. The molecule has 5 heteroatoms. The third kappa shape index (κ3) is 2.53. The van der Waals surface area contributed by atoms with Crippen molar-refractivity contribution >= 4 is 13.7 Å².